The van der Waals surface area contributed by atoms with E-state index in [0.717, 1.165) is 48.3 Å². The Hall–Kier alpha value is -0.530. The van der Waals surface area contributed by atoms with Crippen LogP contribution >= 0.6 is 0 Å². The number of carboxylic acid groups (broad SMARTS) is 1. The number of hydrogen-bond donors (Lipinski definition) is 1. The molecule has 0 spiro atoms. The Balaban J connectivity index is 1.10. The topological polar surface area (TPSA) is 37.3 Å². The molecule has 0 heterocycles. The number of carbonyl (C=O) groups is 1. The van der Waals surface area contributed by atoms with Gasteiger partial charge in [0.15, 0.2) is 0 Å². The summed E-state index contributed by atoms with van der Waals surface area (Å²) < 4.78 is 0. The van der Waals surface area contributed by atoms with E-state index in [1.165, 1.54) is 44.9 Å². The summed E-state index contributed by atoms with van der Waals surface area (Å²) >= 11 is 0. The molecule has 3 rings (SSSR count). The first kappa shape index (κ1) is 20.2. The van der Waals surface area contributed by atoms with Crippen molar-refractivity contribution in [2.24, 2.45) is 35.5 Å². The van der Waals surface area contributed by atoms with E-state index in [4.69, 9.17) is 5.11 Å². The van der Waals surface area contributed by atoms with Crippen LogP contribution in [0.1, 0.15) is 110 Å². The molecule has 0 saturated heterocycles. The summed E-state index contributed by atoms with van der Waals surface area (Å²) in [5, 5.41) is 8.62. The first-order chi connectivity index (χ1) is 12.6. The first-order valence-corrected chi connectivity index (χ1v) is 11.8. The zero-order chi connectivity index (χ0) is 18.4. The fraction of sp³-hybridized carbons (Fsp3) is 0.958. The summed E-state index contributed by atoms with van der Waals surface area (Å²) in [6.45, 7) is 2.36. The van der Waals surface area contributed by atoms with E-state index in [0.29, 0.717) is 6.42 Å². The predicted octanol–water partition coefficient (Wildman–Crippen LogP) is 7.07. The molecule has 0 aliphatic heterocycles. The minimum atomic E-state index is -0.642. The van der Waals surface area contributed by atoms with E-state index in [2.05, 4.69) is 6.92 Å². The van der Waals surface area contributed by atoms with Crippen molar-refractivity contribution in [1.29, 1.82) is 0 Å². The molecule has 0 amide bonds. The number of aliphatic carboxylic acids is 1. The Morgan fingerprint density at radius 3 is 1.69 bits per heavy atom. The highest BCUT2D eigenvalue weighted by molar-refractivity contribution is 5.66. The molecule has 26 heavy (non-hydrogen) atoms. The van der Waals surface area contributed by atoms with Gasteiger partial charge in [0.2, 0.25) is 0 Å². The Labute approximate surface area is 161 Å². The minimum Gasteiger partial charge on any atom is -0.481 e. The van der Waals surface area contributed by atoms with Gasteiger partial charge in [0, 0.05) is 6.42 Å². The molecule has 0 unspecified atom stereocenters. The summed E-state index contributed by atoms with van der Waals surface area (Å²) in [5.74, 6) is 5.81. The number of unbranched alkanes of at least 4 members (excludes halogenated alkanes) is 4. The molecule has 0 aromatic rings. The fourth-order valence-corrected chi connectivity index (χ4v) is 6.14. The Morgan fingerprint density at radius 1 is 0.692 bits per heavy atom. The van der Waals surface area contributed by atoms with E-state index in [1.54, 1.807) is 38.5 Å². The van der Waals surface area contributed by atoms with Crippen LogP contribution in [-0.4, -0.2) is 11.1 Å². The monoisotopic (exact) mass is 362 g/mol. The molecule has 0 radical (unpaired) electrons. The normalized spacial score (nSPS) is 36.0. The molecule has 3 aliphatic carbocycles. The zero-order valence-electron chi connectivity index (χ0n) is 17.1. The second-order valence-electron chi connectivity index (χ2n) is 10.2. The van der Waals surface area contributed by atoms with Crippen molar-refractivity contribution in [3.8, 4) is 0 Å². The van der Waals surface area contributed by atoms with Crippen LogP contribution in [0.4, 0.5) is 0 Å². The summed E-state index contributed by atoms with van der Waals surface area (Å²) in [6, 6.07) is 0. The molecule has 3 saturated carbocycles. The third-order valence-corrected chi connectivity index (χ3v) is 7.91. The molecule has 0 atom stereocenters. The Morgan fingerprint density at radius 2 is 1.15 bits per heavy atom. The standard InChI is InChI=1S/C24H42O2/c1-2-18-10-20(11-18)14-22-16-23(17-22)15-21-12-19(13-21)8-6-4-3-5-7-9-24(25)26/h18-23H,2-17H2,1H3,(H,25,26)/t18?,19?,20?,21?,22-,23+. The molecule has 0 aromatic heterocycles. The van der Waals surface area contributed by atoms with Gasteiger partial charge in [-0.15, -0.1) is 0 Å². The van der Waals surface area contributed by atoms with E-state index in [-0.39, 0.29) is 0 Å². The minimum absolute atomic E-state index is 0.353. The van der Waals surface area contributed by atoms with Gasteiger partial charge in [-0.25, -0.2) is 0 Å². The maximum Gasteiger partial charge on any atom is 0.303 e. The molecular weight excluding hydrogens is 320 g/mol. The van der Waals surface area contributed by atoms with Gasteiger partial charge in [-0.05, 0) is 93.3 Å². The van der Waals surface area contributed by atoms with Crippen LogP contribution in [0.2, 0.25) is 0 Å². The lowest BCUT2D eigenvalue weighted by molar-refractivity contribution is -0.137. The van der Waals surface area contributed by atoms with Crippen molar-refractivity contribution in [2.45, 2.75) is 110 Å². The van der Waals surface area contributed by atoms with E-state index in [9.17, 15) is 4.79 Å². The molecule has 2 nitrogen and oxygen atoms in total. The third kappa shape index (κ3) is 6.27. The lowest BCUT2D eigenvalue weighted by atomic mass is 9.60. The molecule has 3 aliphatic rings. The fourth-order valence-electron chi connectivity index (χ4n) is 6.14. The second-order valence-corrected chi connectivity index (χ2v) is 10.2. The maximum atomic E-state index is 10.5. The smallest absolute Gasteiger partial charge is 0.303 e. The van der Waals surface area contributed by atoms with Gasteiger partial charge < -0.3 is 5.11 Å². The van der Waals surface area contributed by atoms with Crippen molar-refractivity contribution < 1.29 is 9.90 Å². The summed E-state index contributed by atoms with van der Waals surface area (Å²) in [5.41, 5.74) is 0. The van der Waals surface area contributed by atoms with Crippen LogP contribution in [0, 0.1) is 35.5 Å². The number of carboxylic acids is 1. The first-order valence-electron chi connectivity index (χ1n) is 11.8. The summed E-state index contributed by atoms with van der Waals surface area (Å²) in [6.07, 6.45) is 21.4. The molecule has 2 heteroatoms. The summed E-state index contributed by atoms with van der Waals surface area (Å²) in [7, 11) is 0. The van der Waals surface area contributed by atoms with Crippen LogP contribution in [0.15, 0.2) is 0 Å². The third-order valence-electron chi connectivity index (χ3n) is 7.91. The lowest BCUT2D eigenvalue weighted by Gasteiger charge is -2.45. The van der Waals surface area contributed by atoms with Gasteiger partial charge in [0.1, 0.15) is 0 Å². The van der Waals surface area contributed by atoms with Gasteiger partial charge in [-0.2, -0.15) is 0 Å². The van der Waals surface area contributed by atoms with Crippen LogP contribution < -0.4 is 0 Å². The van der Waals surface area contributed by atoms with Gasteiger partial charge in [-0.3, -0.25) is 4.79 Å². The Bertz CT molecular complexity index is 414. The molecule has 1 N–H and O–H groups in total. The van der Waals surface area contributed by atoms with E-state index >= 15 is 0 Å². The van der Waals surface area contributed by atoms with E-state index in [1.807, 2.05) is 0 Å². The highest BCUT2D eigenvalue weighted by Gasteiger charge is 2.38. The largest absolute Gasteiger partial charge is 0.481 e. The maximum absolute atomic E-state index is 10.5. The van der Waals surface area contributed by atoms with Gasteiger partial charge >= 0.3 is 5.97 Å². The average Bonchev–Trinajstić information content (AvgIpc) is 2.49. The SMILES string of the molecule is CCC1CC(C[C@H]2C[C@@H](CC3CC(CCCCCCCC(=O)O)C3)C2)C1. The van der Waals surface area contributed by atoms with Crippen LogP contribution in [-0.2, 0) is 4.79 Å². The van der Waals surface area contributed by atoms with Crippen molar-refractivity contribution in [3.05, 3.63) is 0 Å². The quantitative estimate of drug-likeness (QED) is 0.356. The van der Waals surface area contributed by atoms with Gasteiger partial charge in [0.25, 0.3) is 0 Å². The second kappa shape index (κ2) is 10.1. The molecule has 150 valence electrons. The van der Waals surface area contributed by atoms with Crippen molar-refractivity contribution in [3.63, 3.8) is 0 Å². The van der Waals surface area contributed by atoms with E-state index < -0.39 is 5.97 Å². The average molecular weight is 363 g/mol. The van der Waals surface area contributed by atoms with Crippen LogP contribution in [0.3, 0.4) is 0 Å². The highest BCUT2D eigenvalue weighted by atomic mass is 16.4. The van der Waals surface area contributed by atoms with Gasteiger partial charge in [0.05, 0.1) is 0 Å². The Kier molecular flexibility index (Phi) is 7.88. The molecular formula is C24H42O2. The van der Waals surface area contributed by atoms with Crippen LogP contribution in [0.25, 0.3) is 0 Å². The van der Waals surface area contributed by atoms with Crippen LogP contribution in [0.5, 0.6) is 0 Å². The molecule has 0 aromatic carbocycles. The molecule has 3 fully saturated rings. The lowest BCUT2D eigenvalue weighted by Crippen LogP contribution is -2.34. The predicted molar refractivity (Wildman–Crippen MR) is 108 cm³/mol. The number of hydrogen-bond acceptors (Lipinski definition) is 1. The van der Waals surface area contributed by atoms with Crippen molar-refractivity contribution >= 4 is 5.97 Å². The van der Waals surface area contributed by atoms with Crippen molar-refractivity contribution in [1.82, 2.24) is 0 Å². The number of rotatable bonds is 13. The zero-order valence-corrected chi connectivity index (χ0v) is 17.1. The summed E-state index contributed by atoms with van der Waals surface area (Å²) in [4.78, 5) is 10.5. The van der Waals surface area contributed by atoms with Gasteiger partial charge in [-0.1, -0.05) is 45.4 Å². The van der Waals surface area contributed by atoms with Crippen molar-refractivity contribution in [2.75, 3.05) is 0 Å². The molecule has 0 bridgehead atoms. The highest BCUT2D eigenvalue weighted by Crippen LogP contribution is 2.50.